The van der Waals surface area contributed by atoms with Gasteiger partial charge in [0, 0.05) is 13.2 Å². The first kappa shape index (κ1) is 10.4. The highest BCUT2D eigenvalue weighted by Crippen LogP contribution is 2.22. The van der Waals surface area contributed by atoms with Gasteiger partial charge in [0.05, 0.1) is 5.54 Å². The molecule has 2 unspecified atom stereocenters. The van der Waals surface area contributed by atoms with Crippen molar-refractivity contribution in [3.05, 3.63) is 0 Å². The first-order valence-electron chi connectivity index (χ1n) is 4.40. The van der Waals surface area contributed by atoms with Crippen molar-refractivity contribution in [2.45, 2.75) is 30.9 Å². The largest absolute Gasteiger partial charge is 0.381 e. The Morgan fingerprint density at radius 1 is 1.46 bits per heavy atom. The number of aliphatic hydroxyl groups excluding tert-OH is 1. The molecular weight excluding hydrogens is 172 g/mol. The van der Waals surface area contributed by atoms with Gasteiger partial charge in [-0.25, -0.2) is 0 Å². The minimum absolute atomic E-state index is 0.469. The zero-order valence-corrected chi connectivity index (χ0v) is 7.53. The van der Waals surface area contributed by atoms with E-state index in [2.05, 4.69) is 0 Å². The van der Waals surface area contributed by atoms with Crippen LogP contribution in [-0.4, -0.2) is 35.9 Å². The summed E-state index contributed by atoms with van der Waals surface area (Å²) in [5, 5.41) is 9.48. The molecule has 1 aliphatic heterocycles. The van der Waals surface area contributed by atoms with Gasteiger partial charge in [0.1, 0.15) is 6.10 Å². The molecule has 1 heterocycles. The monoisotopic (exact) mass is 188 g/mol. The van der Waals surface area contributed by atoms with Crippen LogP contribution in [0.15, 0.2) is 0 Å². The van der Waals surface area contributed by atoms with Crippen LogP contribution in [0.5, 0.6) is 0 Å². The lowest BCUT2D eigenvalue weighted by atomic mass is 9.85. The smallest absolute Gasteiger partial charge is 0.248 e. The number of aliphatic hydroxyl groups is 1. The van der Waals surface area contributed by atoms with Gasteiger partial charge in [0.15, 0.2) is 0 Å². The van der Waals surface area contributed by atoms with Crippen LogP contribution in [0.2, 0.25) is 0 Å². The Morgan fingerprint density at radius 2 is 2.15 bits per heavy atom. The predicted octanol–water partition coefficient (Wildman–Crippen LogP) is -1.27. The number of hydrogen-bond acceptors (Lipinski definition) is 4. The molecule has 0 radical (unpaired) electrons. The fourth-order valence-electron chi connectivity index (χ4n) is 1.55. The average Bonchev–Trinajstić information content (AvgIpc) is 2.29. The topological polar surface area (TPSA) is 98.6 Å². The van der Waals surface area contributed by atoms with Gasteiger partial charge < -0.3 is 21.3 Å². The molecule has 0 bridgehead atoms. The van der Waals surface area contributed by atoms with Crippen LogP contribution >= 0.6 is 0 Å². The van der Waals surface area contributed by atoms with Crippen molar-refractivity contribution in [2.24, 2.45) is 11.5 Å². The van der Waals surface area contributed by atoms with Crippen LogP contribution in [0, 0.1) is 0 Å². The Bertz CT molecular complexity index is 188. The zero-order chi connectivity index (χ0) is 9.90. The van der Waals surface area contributed by atoms with E-state index < -0.39 is 17.6 Å². The highest BCUT2D eigenvalue weighted by molar-refractivity contribution is 5.80. The predicted molar refractivity (Wildman–Crippen MR) is 46.8 cm³/mol. The van der Waals surface area contributed by atoms with E-state index in [1.54, 1.807) is 0 Å². The molecule has 0 aromatic heterocycles. The number of carbonyl (C=O) groups excluding carboxylic acids is 1. The van der Waals surface area contributed by atoms with Gasteiger partial charge in [-0.15, -0.1) is 0 Å². The fourth-order valence-corrected chi connectivity index (χ4v) is 1.55. The highest BCUT2D eigenvalue weighted by atomic mass is 16.5. The molecule has 1 rings (SSSR count). The first-order chi connectivity index (χ1) is 6.06. The normalized spacial score (nSPS) is 32.2. The lowest BCUT2D eigenvalue weighted by molar-refractivity contribution is -0.129. The molecule has 0 saturated carbocycles. The Hall–Kier alpha value is -0.650. The van der Waals surface area contributed by atoms with Crippen molar-refractivity contribution in [3.63, 3.8) is 0 Å². The summed E-state index contributed by atoms with van der Waals surface area (Å²) in [6.45, 7) is 1.10. The van der Waals surface area contributed by atoms with E-state index in [4.69, 9.17) is 16.2 Å². The number of amides is 1. The van der Waals surface area contributed by atoms with Crippen LogP contribution in [-0.2, 0) is 9.53 Å². The van der Waals surface area contributed by atoms with Crippen LogP contribution in [0.4, 0.5) is 0 Å². The summed E-state index contributed by atoms with van der Waals surface area (Å²) in [5.41, 5.74) is 9.97. The van der Waals surface area contributed by atoms with Gasteiger partial charge in [-0.2, -0.15) is 0 Å². The van der Waals surface area contributed by atoms with Gasteiger partial charge in [0.2, 0.25) is 5.91 Å². The fraction of sp³-hybridized carbons (Fsp3) is 0.875. The number of hydrogen-bond donors (Lipinski definition) is 3. The molecule has 0 aromatic rings. The lowest BCUT2D eigenvalue weighted by Gasteiger charge is -2.30. The number of rotatable bonds is 2. The molecule has 1 fully saturated rings. The summed E-state index contributed by atoms with van der Waals surface area (Å²) in [4.78, 5) is 10.8. The number of primary amides is 1. The average molecular weight is 188 g/mol. The molecule has 13 heavy (non-hydrogen) atoms. The maximum absolute atomic E-state index is 10.8. The number of nitrogens with two attached hydrogens (primary N) is 2. The van der Waals surface area contributed by atoms with Crippen LogP contribution in [0.1, 0.15) is 19.3 Å². The third kappa shape index (κ3) is 2.40. The summed E-state index contributed by atoms with van der Waals surface area (Å²) in [6.07, 6.45) is 0.517. The third-order valence-electron chi connectivity index (χ3n) is 2.46. The van der Waals surface area contributed by atoms with Crippen molar-refractivity contribution < 1.29 is 14.6 Å². The van der Waals surface area contributed by atoms with Gasteiger partial charge >= 0.3 is 0 Å². The molecule has 1 saturated heterocycles. The Kier molecular flexibility index (Phi) is 3.24. The molecular formula is C8H16N2O3. The summed E-state index contributed by atoms with van der Waals surface area (Å²) in [5.74, 6) is -0.760. The first-order valence-corrected chi connectivity index (χ1v) is 4.40. The molecule has 1 amide bonds. The van der Waals surface area contributed by atoms with E-state index in [9.17, 15) is 9.90 Å². The van der Waals surface area contributed by atoms with E-state index in [1.807, 2.05) is 0 Å². The minimum atomic E-state index is -1.27. The molecule has 0 spiro atoms. The zero-order valence-electron chi connectivity index (χ0n) is 7.53. The van der Waals surface area contributed by atoms with Crippen LogP contribution < -0.4 is 11.5 Å². The number of ether oxygens (including phenoxy) is 1. The Balaban J connectivity index is 2.65. The van der Waals surface area contributed by atoms with E-state index >= 15 is 0 Å². The maximum atomic E-state index is 10.8. The molecule has 0 aliphatic carbocycles. The summed E-state index contributed by atoms with van der Waals surface area (Å²) in [6, 6.07) is 0. The van der Waals surface area contributed by atoms with Crippen molar-refractivity contribution in [3.8, 4) is 0 Å². The molecule has 2 atom stereocenters. The molecule has 5 nitrogen and oxygen atoms in total. The van der Waals surface area contributed by atoms with E-state index in [0.717, 1.165) is 6.42 Å². The summed E-state index contributed by atoms with van der Waals surface area (Å²) < 4.78 is 5.18. The van der Waals surface area contributed by atoms with Crippen molar-refractivity contribution in [1.29, 1.82) is 0 Å². The molecule has 76 valence electrons. The van der Waals surface area contributed by atoms with E-state index in [-0.39, 0.29) is 0 Å². The van der Waals surface area contributed by atoms with E-state index in [1.165, 1.54) is 0 Å². The van der Waals surface area contributed by atoms with E-state index in [0.29, 0.717) is 26.1 Å². The SMILES string of the molecule is NC(=O)C(O)C1(N)CCCOCC1. The lowest BCUT2D eigenvalue weighted by Crippen LogP contribution is -2.56. The minimum Gasteiger partial charge on any atom is -0.381 e. The molecule has 0 aromatic carbocycles. The molecule has 1 aliphatic rings. The summed E-state index contributed by atoms with van der Waals surface area (Å²) in [7, 11) is 0. The van der Waals surface area contributed by atoms with Gasteiger partial charge in [-0.1, -0.05) is 0 Å². The van der Waals surface area contributed by atoms with Crippen LogP contribution in [0.25, 0.3) is 0 Å². The molecule has 5 N–H and O–H groups in total. The standard InChI is InChI=1S/C8H16N2O3/c9-7(12)6(11)8(10)2-1-4-13-5-3-8/h6,11H,1-5,10H2,(H2,9,12). The highest BCUT2D eigenvalue weighted by Gasteiger charge is 2.37. The van der Waals surface area contributed by atoms with Crippen molar-refractivity contribution in [1.82, 2.24) is 0 Å². The second kappa shape index (κ2) is 4.04. The van der Waals surface area contributed by atoms with Crippen LogP contribution in [0.3, 0.4) is 0 Å². The Labute approximate surface area is 77.0 Å². The van der Waals surface area contributed by atoms with Gasteiger partial charge in [0.25, 0.3) is 0 Å². The molecule has 5 heteroatoms. The second-order valence-electron chi connectivity index (χ2n) is 3.50. The summed E-state index contributed by atoms with van der Waals surface area (Å²) >= 11 is 0. The Morgan fingerprint density at radius 3 is 2.77 bits per heavy atom. The van der Waals surface area contributed by atoms with Gasteiger partial charge in [-0.3, -0.25) is 4.79 Å². The van der Waals surface area contributed by atoms with Crippen molar-refractivity contribution in [2.75, 3.05) is 13.2 Å². The second-order valence-corrected chi connectivity index (χ2v) is 3.50. The van der Waals surface area contributed by atoms with Gasteiger partial charge in [-0.05, 0) is 19.3 Å². The number of carbonyl (C=O) groups is 1. The maximum Gasteiger partial charge on any atom is 0.248 e. The quantitative estimate of drug-likeness (QED) is 0.503. The third-order valence-corrected chi connectivity index (χ3v) is 2.46. The van der Waals surface area contributed by atoms with Crippen molar-refractivity contribution >= 4 is 5.91 Å².